The van der Waals surface area contributed by atoms with Crippen molar-refractivity contribution in [1.82, 2.24) is 4.90 Å². The van der Waals surface area contributed by atoms with E-state index in [0.29, 0.717) is 25.4 Å². The standard InChI is InChI=1S/C22H39NO3/c1-4-10-20(24)19-16-18(15-17-11-8-7-9-12-17)13-14-21(19)26-22(25)23(5-2)6-3/h4,17-21,24H,1,5-16H2,2-3H3. The second kappa shape index (κ2) is 11.0. The Balaban J connectivity index is 1.97. The smallest absolute Gasteiger partial charge is 0.410 e. The number of ether oxygens (including phenoxy) is 1. The molecule has 0 aromatic heterocycles. The Labute approximate surface area is 160 Å². The van der Waals surface area contributed by atoms with Crippen molar-refractivity contribution < 1.29 is 14.6 Å². The van der Waals surface area contributed by atoms with Gasteiger partial charge in [0.2, 0.25) is 0 Å². The molecule has 1 amide bonds. The molecule has 4 nitrogen and oxygen atoms in total. The molecular weight excluding hydrogens is 326 g/mol. The first-order valence-electron chi connectivity index (χ1n) is 10.8. The maximum Gasteiger partial charge on any atom is 0.410 e. The molecule has 26 heavy (non-hydrogen) atoms. The highest BCUT2D eigenvalue weighted by molar-refractivity contribution is 5.67. The zero-order chi connectivity index (χ0) is 18.9. The molecule has 4 heteroatoms. The van der Waals surface area contributed by atoms with Gasteiger partial charge in [-0.2, -0.15) is 0 Å². The molecule has 2 aliphatic carbocycles. The third kappa shape index (κ3) is 6.00. The number of hydrogen-bond donors (Lipinski definition) is 1. The number of amides is 1. The highest BCUT2D eigenvalue weighted by Crippen LogP contribution is 2.40. The zero-order valence-electron chi connectivity index (χ0n) is 16.9. The van der Waals surface area contributed by atoms with Crippen molar-refractivity contribution in [3.05, 3.63) is 12.7 Å². The summed E-state index contributed by atoms with van der Waals surface area (Å²) in [5.41, 5.74) is 0. The summed E-state index contributed by atoms with van der Waals surface area (Å²) in [4.78, 5) is 14.1. The van der Waals surface area contributed by atoms with Crippen LogP contribution >= 0.6 is 0 Å². The Kier molecular flexibility index (Phi) is 8.97. The lowest BCUT2D eigenvalue weighted by atomic mass is 9.71. The van der Waals surface area contributed by atoms with Gasteiger partial charge in [-0.25, -0.2) is 4.79 Å². The summed E-state index contributed by atoms with van der Waals surface area (Å²) in [6, 6.07) is 0. The van der Waals surface area contributed by atoms with Gasteiger partial charge in [0, 0.05) is 19.0 Å². The van der Waals surface area contributed by atoms with Crippen LogP contribution in [0.15, 0.2) is 12.7 Å². The highest BCUT2D eigenvalue weighted by Gasteiger charge is 2.38. The normalized spacial score (nSPS) is 28.3. The molecule has 2 saturated carbocycles. The van der Waals surface area contributed by atoms with Crippen LogP contribution < -0.4 is 0 Å². The fourth-order valence-electron chi connectivity index (χ4n) is 4.96. The molecule has 2 aliphatic rings. The quantitative estimate of drug-likeness (QED) is 0.605. The van der Waals surface area contributed by atoms with E-state index in [1.165, 1.54) is 38.5 Å². The molecule has 0 aliphatic heterocycles. The number of carbonyl (C=O) groups is 1. The average Bonchev–Trinajstić information content (AvgIpc) is 2.65. The fourth-order valence-corrected chi connectivity index (χ4v) is 4.96. The average molecular weight is 366 g/mol. The fraction of sp³-hybridized carbons (Fsp3) is 0.864. The van der Waals surface area contributed by atoms with Gasteiger partial charge in [-0.15, -0.1) is 6.58 Å². The predicted octanol–water partition coefficient (Wildman–Crippen LogP) is 5.16. The Hall–Kier alpha value is -1.03. The Morgan fingerprint density at radius 3 is 2.46 bits per heavy atom. The van der Waals surface area contributed by atoms with Crippen LogP contribution in [0.2, 0.25) is 0 Å². The lowest BCUT2D eigenvalue weighted by molar-refractivity contribution is -0.0459. The monoisotopic (exact) mass is 365 g/mol. The van der Waals surface area contributed by atoms with Crippen LogP contribution in [0.1, 0.15) is 78.1 Å². The molecule has 1 N–H and O–H groups in total. The first kappa shape index (κ1) is 21.3. The van der Waals surface area contributed by atoms with E-state index in [0.717, 1.165) is 25.2 Å². The van der Waals surface area contributed by atoms with Crippen LogP contribution in [0.5, 0.6) is 0 Å². The van der Waals surface area contributed by atoms with E-state index >= 15 is 0 Å². The van der Waals surface area contributed by atoms with E-state index < -0.39 is 6.10 Å². The molecule has 0 aromatic rings. The lowest BCUT2D eigenvalue weighted by Gasteiger charge is -2.40. The van der Waals surface area contributed by atoms with Crippen LogP contribution in [0.25, 0.3) is 0 Å². The van der Waals surface area contributed by atoms with Crippen LogP contribution in [0.3, 0.4) is 0 Å². The third-order valence-electron chi connectivity index (χ3n) is 6.51. The molecule has 0 radical (unpaired) electrons. The zero-order valence-corrected chi connectivity index (χ0v) is 16.9. The molecule has 150 valence electrons. The van der Waals surface area contributed by atoms with Gasteiger partial charge in [0.05, 0.1) is 6.10 Å². The summed E-state index contributed by atoms with van der Waals surface area (Å²) in [7, 11) is 0. The molecule has 2 rings (SSSR count). The number of hydrogen-bond acceptors (Lipinski definition) is 3. The van der Waals surface area contributed by atoms with Gasteiger partial charge in [-0.05, 0) is 57.8 Å². The SMILES string of the molecule is C=CCC(O)C1CC(CC2CCCCC2)CCC1OC(=O)N(CC)CC. The first-order valence-corrected chi connectivity index (χ1v) is 10.8. The summed E-state index contributed by atoms with van der Waals surface area (Å²) in [5, 5.41) is 10.7. The summed E-state index contributed by atoms with van der Waals surface area (Å²) in [6.07, 6.45) is 12.6. The van der Waals surface area contributed by atoms with E-state index in [2.05, 4.69) is 6.58 Å². The van der Waals surface area contributed by atoms with Crippen LogP contribution in [0.4, 0.5) is 4.79 Å². The molecule has 0 aromatic carbocycles. The van der Waals surface area contributed by atoms with Crippen molar-refractivity contribution in [2.75, 3.05) is 13.1 Å². The van der Waals surface area contributed by atoms with Gasteiger partial charge in [0.1, 0.15) is 6.10 Å². The molecule has 0 spiro atoms. The Morgan fingerprint density at radius 2 is 1.85 bits per heavy atom. The van der Waals surface area contributed by atoms with E-state index in [1.54, 1.807) is 11.0 Å². The maximum atomic E-state index is 12.4. The number of carbonyl (C=O) groups excluding carboxylic acids is 1. The van der Waals surface area contributed by atoms with E-state index in [1.807, 2.05) is 13.8 Å². The van der Waals surface area contributed by atoms with Gasteiger partial charge in [0.25, 0.3) is 0 Å². The second-order valence-electron chi connectivity index (χ2n) is 8.27. The van der Waals surface area contributed by atoms with E-state index in [-0.39, 0.29) is 18.1 Å². The summed E-state index contributed by atoms with van der Waals surface area (Å²) >= 11 is 0. The Bertz CT molecular complexity index is 429. The third-order valence-corrected chi connectivity index (χ3v) is 6.51. The van der Waals surface area contributed by atoms with Gasteiger partial charge in [0.15, 0.2) is 0 Å². The molecule has 4 atom stereocenters. The molecule has 0 heterocycles. The van der Waals surface area contributed by atoms with Crippen molar-refractivity contribution in [1.29, 1.82) is 0 Å². The molecule has 2 fully saturated rings. The molecule has 4 unspecified atom stereocenters. The van der Waals surface area contributed by atoms with Crippen molar-refractivity contribution in [3.8, 4) is 0 Å². The number of rotatable bonds is 8. The largest absolute Gasteiger partial charge is 0.446 e. The predicted molar refractivity (Wildman–Crippen MR) is 106 cm³/mol. The minimum atomic E-state index is -0.462. The minimum Gasteiger partial charge on any atom is -0.446 e. The highest BCUT2D eigenvalue weighted by atomic mass is 16.6. The second-order valence-corrected chi connectivity index (χ2v) is 8.27. The number of nitrogens with zero attached hydrogens (tertiary/aromatic N) is 1. The van der Waals surface area contributed by atoms with E-state index in [4.69, 9.17) is 4.74 Å². The summed E-state index contributed by atoms with van der Waals surface area (Å²) in [6.45, 7) is 9.03. The lowest BCUT2D eigenvalue weighted by Crippen LogP contribution is -2.43. The summed E-state index contributed by atoms with van der Waals surface area (Å²) < 4.78 is 5.85. The van der Waals surface area contributed by atoms with Crippen molar-refractivity contribution in [2.24, 2.45) is 17.8 Å². The van der Waals surface area contributed by atoms with Gasteiger partial charge in [-0.3, -0.25) is 0 Å². The topological polar surface area (TPSA) is 49.8 Å². The minimum absolute atomic E-state index is 0.0369. The van der Waals surface area contributed by atoms with Crippen molar-refractivity contribution >= 4 is 6.09 Å². The van der Waals surface area contributed by atoms with Crippen LogP contribution in [-0.4, -0.2) is 41.4 Å². The van der Waals surface area contributed by atoms with E-state index in [9.17, 15) is 9.90 Å². The van der Waals surface area contributed by atoms with Crippen LogP contribution in [-0.2, 0) is 4.74 Å². The maximum absolute atomic E-state index is 12.4. The van der Waals surface area contributed by atoms with Gasteiger partial charge >= 0.3 is 6.09 Å². The molecule has 0 bridgehead atoms. The van der Waals surface area contributed by atoms with Crippen molar-refractivity contribution in [2.45, 2.75) is 90.3 Å². The summed E-state index contributed by atoms with van der Waals surface area (Å²) in [5.74, 6) is 1.56. The molecular formula is C22H39NO3. The van der Waals surface area contributed by atoms with Gasteiger partial charge in [-0.1, -0.05) is 38.2 Å². The van der Waals surface area contributed by atoms with Gasteiger partial charge < -0.3 is 14.7 Å². The number of aliphatic hydroxyl groups excluding tert-OH is 1. The van der Waals surface area contributed by atoms with Crippen LogP contribution in [0, 0.1) is 17.8 Å². The Morgan fingerprint density at radius 1 is 1.15 bits per heavy atom. The first-order chi connectivity index (χ1) is 12.6. The molecule has 0 saturated heterocycles. The van der Waals surface area contributed by atoms with Crippen molar-refractivity contribution in [3.63, 3.8) is 0 Å². The number of aliphatic hydroxyl groups is 1.